The first-order valence-electron chi connectivity index (χ1n) is 7.30. The number of carbonyl (C=O) groups is 1. The summed E-state index contributed by atoms with van der Waals surface area (Å²) in [7, 11) is 0. The number of rotatable bonds is 8. The molecule has 114 valence electrons. The van der Waals surface area contributed by atoms with E-state index in [9.17, 15) is 4.79 Å². The maximum Gasteiger partial charge on any atom is 0.222 e. The first-order valence-corrected chi connectivity index (χ1v) is 8.18. The van der Waals surface area contributed by atoms with E-state index in [1.807, 2.05) is 27.2 Å². The number of hydrogen-bond donors (Lipinski definition) is 0. The summed E-state index contributed by atoms with van der Waals surface area (Å²) in [5, 5.41) is 3.06. The topological polar surface area (TPSA) is 51.0 Å². The van der Waals surface area contributed by atoms with Crippen molar-refractivity contribution in [1.82, 2.24) is 19.4 Å². The van der Waals surface area contributed by atoms with E-state index in [1.54, 1.807) is 23.9 Å². The van der Waals surface area contributed by atoms with Crippen LogP contribution in [0.4, 0.5) is 0 Å². The molecular formula is C15H22N4OS. The number of aryl methyl sites for hydroxylation is 1. The fraction of sp³-hybridized carbons (Fsp3) is 0.533. The molecule has 0 saturated heterocycles. The van der Waals surface area contributed by atoms with Gasteiger partial charge in [-0.15, -0.1) is 11.3 Å². The van der Waals surface area contributed by atoms with E-state index in [4.69, 9.17) is 0 Å². The lowest BCUT2D eigenvalue weighted by Gasteiger charge is -2.26. The van der Waals surface area contributed by atoms with Crippen LogP contribution in [0.15, 0.2) is 30.3 Å². The molecule has 5 nitrogen and oxygen atoms in total. The zero-order valence-electron chi connectivity index (χ0n) is 12.6. The number of amides is 1. The Morgan fingerprint density at radius 3 is 2.90 bits per heavy atom. The van der Waals surface area contributed by atoms with Crippen LogP contribution in [0.3, 0.4) is 0 Å². The van der Waals surface area contributed by atoms with Crippen LogP contribution in [0.25, 0.3) is 0 Å². The Balaban J connectivity index is 1.78. The lowest BCUT2D eigenvalue weighted by Crippen LogP contribution is -2.38. The molecule has 0 aliphatic heterocycles. The maximum atomic E-state index is 12.4. The molecule has 0 aromatic carbocycles. The van der Waals surface area contributed by atoms with Crippen LogP contribution >= 0.6 is 11.3 Å². The van der Waals surface area contributed by atoms with Crippen molar-refractivity contribution < 1.29 is 4.79 Å². The first kappa shape index (κ1) is 15.7. The molecule has 2 aromatic heterocycles. The summed E-state index contributed by atoms with van der Waals surface area (Å²) in [6.07, 6.45) is 9.54. The molecule has 0 fully saturated rings. The average Bonchev–Trinajstić information content (AvgIpc) is 3.11. The normalized spacial score (nSPS) is 11.0. The third-order valence-electron chi connectivity index (χ3n) is 3.36. The van der Waals surface area contributed by atoms with E-state index in [0.717, 1.165) is 30.9 Å². The van der Waals surface area contributed by atoms with Gasteiger partial charge in [0, 0.05) is 55.9 Å². The van der Waals surface area contributed by atoms with Crippen molar-refractivity contribution in [2.75, 3.05) is 6.54 Å². The van der Waals surface area contributed by atoms with Gasteiger partial charge in [-0.2, -0.15) is 0 Å². The quantitative estimate of drug-likeness (QED) is 0.753. The zero-order valence-corrected chi connectivity index (χ0v) is 13.4. The van der Waals surface area contributed by atoms with Crippen molar-refractivity contribution >= 4 is 17.2 Å². The molecule has 2 rings (SSSR count). The largest absolute Gasteiger partial charge is 0.340 e. The van der Waals surface area contributed by atoms with Gasteiger partial charge in [0.25, 0.3) is 0 Å². The Morgan fingerprint density at radius 2 is 2.29 bits per heavy atom. The highest BCUT2D eigenvalue weighted by Crippen LogP contribution is 2.10. The average molecular weight is 306 g/mol. The number of carbonyl (C=O) groups excluding carboxylic acids is 1. The summed E-state index contributed by atoms with van der Waals surface area (Å²) in [4.78, 5) is 22.6. The van der Waals surface area contributed by atoms with Gasteiger partial charge in [0.05, 0.1) is 11.3 Å². The van der Waals surface area contributed by atoms with Crippen molar-refractivity contribution in [3.63, 3.8) is 0 Å². The lowest BCUT2D eigenvalue weighted by molar-refractivity contribution is -0.133. The van der Waals surface area contributed by atoms with E-state index in [-0.39, 0.29) is 11.9 Å². The summed E-state index contributed by atoms with van der Waals surface area (Å²) < 4.78 is 2.00. The highest BCUT2D eigenvalue weighted by atomic mass is 32.1. The molecule has 0 aliphatic rings. The monoisotopic (exact) mass is 306 g/mol. The van der Waals surface area contributed by atoms with Gasteiger partial charge in [0.2, 0.25) is 5.91 Å². The van der Waals surface area contributed by atoms with Crippen LogP contribution in [-0.2, 0) is 17.8 Å². The third kappa shape index (κ3) is 4.97. The van der Waals surface area contributed by atoms with E-state index in [2.05, 4.69) is 23.8 Å². The molecule has 6 heteroatoms. The van der Waals surface area contributed by atoms with E-state index >= 15 is 0 Å². The second-order valence-corrected chi connectivity index (χ2v) is 6.24. The van der Waals surface area contributed by atoms with Gasteiger partial charge in [0.1, 0.15) is 0 Å². The second-order valence-electron chi connectivity index (χ2n) is 5.26. The number of hydrogen-bond acceptors (Lipinski definition) is 4. The number of thiazole rings is 1. The van der Waals surface area contributed by atoms with Crippen molar-refractivity contribution in [3.8, 4) is 0 Å². The van der Waals surface area contributed by atoms with Crippen molar-refractivity contribution in [2.45, 2.75) is 45.7 Å². The van der Waals surface area contributed by atoms with Crippen molar-refractivity contribution in [1.29, 1.82) is 0 Å². The Hall–Kier alpha value is -1.69. The van der Waals surface area contributed by atoms with E-state index in [0.29, 0.717) is 6.42 Å². The predicted octanol–water partition coefficient (Wildman–Crippen LogP) is 2.60. The van der Waals surface area contributed by atoms with Crippen LogP contribution in [0, 0.1) is 0 Å². The molecule has 0 saturated carbocycles. The Labute approximate surface area is 129 Å². The molecular weight excluding hydrogens is 284 g/mol. The van der Waals surface area contributed by atoms with Crippen molar-refractivity contribution in [3.05, 3.63) is 35.3 Å². The minimum Gasteiger partial charge on any atom is -0.340 e. The van der Waals surface area contributed by atoms with Gasteiger partial charge in [-0.25, -0.2) is 9.97 Å². The van der Waals surface area contributed by atoms with Crippen LogP contribution in [0.1, 0.15) is 31.7 Å². The lowest BCUT2D eigenvalue weighted by atomic mass is 10.2. The minimum absolute atomic E-state index is 0.224. The van der Waals surface area contributed by atoms with Gasteiger partial charge >= 0.3 is 0 Å². The van der Waals surface area contributed by atoms with Crippen LogP contribution in [0.2, 0.25) is 0 Å². The summed E-state index contributed by atoms with van der Waals surface area (Å²) in [6.45, 7) is 5.71. The number of imidazole rings is 1. The molecule has 0 unspecified atom stereocenters. The zero-order chi connectivity index (χ0) is 15.1. The maximum absolute atomic E-state index is 12.4. The summed E-state index contributed by atoms with van der Waals surface area (Å²) >= 11 is 1.65. The molecule has 0 bridgehead atoms. The Bertz CT molecular complexity index is 522. The Kier molecular flexibility index (Phi) is 5.92. The molecule has 1 amide bonds. The SMILES string of the molecule is CC(C)N(CCc1nccs1)C(=O)CCCn1ccnc1. The standard InChI is InChI=1S/C15H22N4OS/c1-13(2)19(9-5-14-17-7-11-21-14)15(20)4-3-8-18-10-6-16-12-18/h6-7,10-13H,3-5,8-9H2,1-2H3. The minimum atomic E-state index is 0.224. The summed E-state index contributed by atoms with van der Waals surface area (Å²) in [6, 6.07) is 0.228. The molecule has 0 N–H and O–H groups in total. The van der Waals surface area contributed by atoms with Crippen LogP contribution in [0.5, 0.6) is 0 Å². The molecule has 0 aliphatic carbocycles. The van der Waals surface area contributed by atoms with Crippen molar-refractivity contribution in [2.24, 2.45) is 0 Å². The smallest absolute Gasteiger partial charge is 0.222 e. The highest BCUT2D eigenvalue weighted by molar-refractivity contribution is 7.09. The van der Waals surface area contributed by atoms with E-state index < -0.39 is 0 Å². The molecule has 2 aromatic rings. The predicted molar refractivity (Wildman–Crippen MR) is 84.1 cm³/mol. The molecule has 0 atom stereocenters. The van der Waals surface area contributed by atoms with Crippen LogP contribution in [-0.4, -0.2) is 37.9 Å². The molecule has 21 heavy (non-hydrogen) atoms. The molecule has 2 heterocycles. The van der Waals surface area contributed by atoms with E-state index in [1.165, 1.54) is 0 Å². The number of nitrogens with zero attached hydrogens (tertiary/aromatic N) is 4. The third-order valence-corrected chi connectivity index (χ3v) is 4.20. The van der Waals surface area contributed by atoms with Gasteiger partial charge in [-0.1, -0.05) is 0 Å². The molecule has 0 spiro atoms. The fourth-order valence-electron chi connectivity index (χ4n) is 2.24. The molecule has 0 radical (unpaired) electrons. The van der Waals surface area contributed by atoms with Gasteiger partial charge in [0.15, 0.2) is 0 Å². The van der Waals surface area contributed by atoms with Gasteiger partial charge < -0.3 is 9.47 Å². The summed E-state index contributed by atoms with van der Waals surface area (Å²) in [5.74, 6) is 0.224. The first-order chi connectivity index (χ1) is 10.2. The van der Waals surface area contributed by atoms with Gasteiger partial charge in [-0.3, -0.25) is 4.79 Å². The Morgan fingerprint density at radius 1 is 1.43 bits per heavy atom. The number of aromatic nitrogens is 3. The highest BCUT2D eigenvalue weighted by Gasteiger charge is 2.16. The van der Waals surface area contributed by atoms with Gasteiger partial charge in [-0.05, 0) is 20.3 Å². The van der Waals surface area contributed by atoms with Crippen LogP contribution < -0.4 is 0 Å². The second kappa shape index (κ2) is 7.93. The fourth-order valence-corrected chi connectivity index (χ4v) is 2.85. The summed E-state index contributed by atoms with van der Waals surface area (Å²) in [5.41, 5.74) is 0.